The minimum absolute atomic E-state index is 0.176. The third kappa shape index (κ3) is 4.18. The number of rotatable bonds is 5. The van der Waals surface area contributed by atoms with Gasteiger partial charge in [-0.25, -0.2) is 5.01 Å². The number of carbonyl (C=O) groups is 2. The lowest BCUT2D eigenvalue weighted by Crippen LogP contribution is -2.45. The lowest BCUT2D eigenvalue weighted by molar-refractivity contribution is -0.154. The predicted molar refractivity (Wildman–Crippen MR) is 113 cm³/mol. The number of imide groups is 1. The van der Waals surface area contributed by atoms with Crippen LogP contribution in [0.5, 0.6) is 0 Å². The third-order valence-corrected chi connectivity index (χ3v) is 5.00. The molecule has 0 spiro atoms. The first-order valence-electron chi connectivity index (χ1n) is 9.70. The van der Waals surface area contributed by atoms with Crippen molar-refractivity contribution < 1.29 is 9.59 Å². The Morgan fingerprint density at radius 3 is 1.86 bits per heavy atom. The molecule has 2 amide bonds. The van der Waals surface area contributed by atoms with E-state index in [2.05, 4.69) is 0 Å². The lowest BCUT2D eigenvalue weighted by atomic mass is 9.98. The zero-order valence-electron chi connectivity index (χ0n) is 16.0. The summed E-state index contributed by atoms with van der Waals surface area (Å²) in [7, 11) is 0. The van der Waals surface area contributed by atoms with Crippen molar-refractivity contribution in [3.63, 3.8) is 0 Å². The van der Waals surface area contributed by atoms with Crippen LogP contribution in [0, 0.1) is 0 Å². The molecule has 1 fully saturated rings. The maximum Gasteiger partial charge on any atom is 0.268 e. The standard InChI is InChI=1S/C25H22N2O2/c28-23(17-16-20-10-4-1-5-11-20)27-24(29)18-19-26(27)25(21-12-6-2-7-13-21)22-14-8-3-9-15-22/h1-17,25H,18-19H2/b17-16+. The van der Waals surface area contributed by atoms with E-state index in [0.717, 1.165) is 16.7 Å². The second-order valence-corrected chi connectivity index (χ2v) is 6.92. The van der Waals surface area contributed by atoms with E-state index in [9.17, 15) is 9.59 Å². The fraction of sp³-hybridized carbons (Fsp3) is 0.120. The highest BCUT2D eigenvalue weighted by molar-refractivity contribution is 6.03. The number of carbonyl (C=O) groups excluding carboxylic acids is 2. The van der Waals surface area contributed by atoms with E-state index in [0.29, 0.717) is 13.0 Å². The van der Waals surface area contributed by atoms with Crippen molar-refractivity contribution in [3.8, 4) is 0 Å². The summed E-state index contributed by atoms with van der Waals surface area (Å²) in [6.07, 6.45) is 3.53. The first-order valence-corrected chi connectivity index (χ1v) is 9.70. The number of benzene rings is 3. The molecule has 0 saturated carbocycles. The molecular weight excluding hydrogens is 360 g/mol. The van der Waals surface area contributed by atoms with E-state index >= 15 is 0 Å². The topological polar surface area (TPSA) is 40.6 Å². The summed E-state index contributed by atoms with van der Waals surface area (Å²) in [5, 5.41) is 3.18. The summed E-state index contributed by atoms with van der Waals surface area (Å²) >= 11 is 0. The average Bonchev–Trinajstić information content (AvgIpc) is 3.15. The van der Waals surface area contributed by atoms with Gasteiger partial charge in [0.05, 0.1) is 6.04 Å². The van der Waals surface area contributed by atoms with Gasteiger partial charge in [-0.05, 0) is 22.8 Å². The van der Waals surface area contributed by atoms with Crippen molar-refractivity contribution in [3.05, 3.63) is 114 Å². The molecule has 4 rings (SSSR count). The second kappa shape index (κ2) is 8.67. The Hall–Kier alpha value is -3.50. The van der Waals surface area contributed by atoms with Crippen molar-refractivity contribution in [2.75, 3.05) is 6.54 Å². The maximum absolute atomic E-state index is 13.0. The predicted octanol–water partition coefficient (Wildman–Crippen LogP) is 4.47. The summed E-state index contributed by atoms with van der Waals surface area (Å²) < 4.78 is 0. The minimum Gasteiger partial charge on any atom is -0.273 e. The van der Waals surface area contributed by atoms with Crippen molar-refractivity contribution in [2.45, 2.75) is 12.5 Å². The van der Waals surface area contributed by atoms with Crippen LogP contribution < -0.4 is 0 Å². The molecular formula is C25H22N2O2. The van der Waals surface area contributed by atoms with Crippen LogP contribution >= 0.6 is 0 Å². The molecule has 0 unspecified atom stereocenters. The Labute approximate surface area is 170 Å². The SMILES string of the molecule is O=C(/C=C/c1ccccc1)N1C(=O)CCN1C(c1ccccc1)c1ccccc1. The van der Waals surface area contributed by atoms with Gasteiger partial charge in [0.1, 0.15) is 0 Å². The molecule has 4 nitrogen and oxygen atoms in total. The van der Waals surface area contributed by atoms with Crippen LogP contribution in [0.4, 0.5) is 0 Å². The summed E-state index contributed by atoms with van der Waals surface area (Å²) in [5.74, 6) is -0.502. The molecule has 0 bridgehead atoms. The van der Waals surface area contributed by atoms with Crippen LogP contribution in [0.2, 0.25) is 0 Å². The number of hydrogen-bond acceptors (Lipinski definition) is 3. The maximum atomic E-state index is 13.0. The van der Waals surface area contributed by atoms with Crippen molar-refractivity contribution in [1.29, 1.82) is 0 Å². The summed E-state index contributed by atoms with van der Waals surface area (Å²) in [6, 6.07) is 29.3. The smallest absolute Gasteiger partial charge is 0.268 e. The van der Waals surface area contributed by atoms with Crippen molar-refractivity contribution in [1.82, 2.24) is 10.0 Å². The van der Waals surface area contributed by atoms with E-state index < -0.39 is 0 Å². The molecule has 3 aromatic rings. The normalized spacial score (nSPS) is 14.8. The monoisotopic (exact) mass is 382 g/mol. The van der Waals surface area contributed by atoms with Gasteiger partial charge in [0.15, 0.2) is 0 Å². The van der Waals surface area contributed by atoms with E-state index in [1.807, 2.05) is 96.0 Å². The Morgan fingerprint density at radius 1 is 0.793 bits per heavy atom. The van der Waals surface area contributed by atoms with Crippen molar-refractivity contribution in [2.24, 2.45) is 0 Å². The molecule has 29 heavy (non-hydrogen) atoms. The molecule has 0 aliphatic carbocycles. The minimum atomic E-state index is -0.326. The number of nitrogens with zero attached hydrogens (tertiary/aromatic N) is 2. The molecule has 0 atom stereocenters. The average molecular weight is 382 g/mol. The molecule has 1 heterocycles. The molecule has 144 valence electrons. The van der Waals surface area contributed by atoms with E-state index in [-0.39, 0.29) is 17.9 Å². The summed E-state index contributed by atoms with van der Waals surface area (Å²) in [5.41, 5.74) is 3.00. The van der Waals surface area contributed by atoms with Crippen LogP contribution in [0.25, 0.3) is 6.08 Å². The quantitative estimate of drug-likeness (QED) is 0.612. The number of hydrogen-bond donors (Lipinski definition) is 0. The highest BCUT2D eigenvalue weighted by atomic mass is 16.2. The molecule has 4 heteroatoms. The van der Waals surface area contributed by atoms with E-state index in [4.69, 9.17) is 0 Å². The number of amides is 2. The molecule has 1 saturated heterocycles. The van der Waals surface area contributed by atoms with Crippen LogP contribution in [0.3, 0.4) is 0 Å². The first kappa shape index (κ1) is 18.8. The van der Waals surface area contributed by atoms with Crippen LogP contribution in [0.15, 0.2) is 97.1 Å². The molecule has 3 aromatic carbocycles. The molecule has 1 aliphatic heterocycles. The first-order chi connectivity index (χ1) is 14.2. The second-order valence-electron chi connectivity index (χ2n) is 6.92. The lowest BCUT2D eigenvalue weighted by Gasteiger charge is -2.33. The fourth-order valence-electron chi connectivity index (χ4n) is 3.66. The van der Waals surface area contributed by atoms with Gasteiger partial charge < -0.3 is 0 Å². The van der Waals surface area contributed by atoms with Crippen LogP contribution in [-0.4, -0.2) is 28.4 Å². The fourth-order valence-corrected chi connectivity index (χ4v) is 3.66. The van der Waals surface area contributed by atoms with E-state index in [1.54, 1.807) is 6.08 Å². The third-order valence-electron chi connectivity index (χ3n) is 5.00. The Balaban J connectivity index is 1.67. The highest BCUT2D eigenvalue weighted by Gasteiger charge is 2.38. The van der Waals surface area contributed by atoms with Gasteiger partial charge in [-0.3, -0.25) is 9.59 Å². The highest BCUT2D eigenvalue weighted by Crippen LogP contribution is 2.33. The van der Waals surface area contributed by atoms with Crippen LogP contribution in [-0.2, 0) is 9.59 Å². The Bertz CT molecular complexity index is 961. The summed E-state index contributed by atoms with van der Waals surface area (Å²) in [6.45, 7) is 0.498. The van der Waals surface area contributed by atoms with Crippen LogP contribution in [0.1, 0.15) is 29.2 Å². The van der Waals surface area contributed by atoms with Gasteiger partial charge in [0.25, 0.3) is 5.91 Å². The van der Waals surface area contributed by atoms with Gasteiger partial charge in [0, 0.05) is 19.0 Å². The zero-order valence-corrected chi connectivity index (χ0v) is 16.0. The van der Waals surface area contributed by atoms with Gasteiger partial charge in [0.2, 0.25) is 5.91 Å². The molecule has 0 aromatic heterocycles. The molecule has 0 radical (unpaired) electrons. The van der Waals surface area contributed by atoms with Gasteiger partial charge in [-0.1, -0.05) is 91.0 Å². The Kier molecular flexibility index (Phi) is 5.63. The molecule has 0 N–H and O–H groups in total. The number of hydrazine groups is 1. The van der Waals surface area contributed by atoms with E-state index in [1.165, 1.54) is 11.1 Å². The van der Waals surface area contributed by atoms with Gasteiger partial charge >= 0.3 is 0 Å². The van der Waals surface area contributed by atoms with Gasteiger partial charge in [-0.15, -0.1) is 0 Å². The zero-order chi connectivity index (χ0) is 20.1. The molecule has 1 aliphatic rings. The van der Waals surface area contributed by atoms with Gasteiger partial charge in [-0.2, -0.15) is 5.01 Å². The Morgan fingerprint density at radius 2 is 1.31 bits per heavy atom. The van der Waals surface area contributed by atoms with Crippen molar-refractivity contribution >= 4 is 17.9 Å². The summed E-state index contributed by atoms with van der Waals surface area (Å²) in [4.78, 5) is 25.6. The largest absolute Gasteiger partial charge is 0.273 e.